The van der Waals surface area contributed by atoms with Crippen LogP contribution in [0.25, 0.3) is 0 Å². The average molecular weight is 208 g/mol. The standard InChI is InChI=1S/C12H20N2O/c1-4-15-9-8-14(3)12-10(2)6-5-7-11(12)13/h5-7H,4,8-9,13H2,1-3H3. The van der Waals surface area contributed by atoms with E-state index >= 15 is 0 Å². The minimum absolute atomic E-state index is 0.737. The Morgan fingerprint density at radius 1 is 1.40 bits per heavy atom. The summed E-state index contributed by atoms with van der Waals surface area (Å²) in [7, 11) is 2.04. The molecule has 0 heterocycles. The number of nitrogen functional groups attached to an aromatic ring is 1. The van der Waals surface area contributed by atoms with Gasteiger partial charge in [-0.2, -0.15) is 0 Å². The number of hydrogen-bond donors (Lipinski definition) is 1. The quantitative estimate of drug-likeness (QED) is 0.594. The second-order valence-corrected chi connectivity index (χ2v) is 3.63. The van der Waals surface area contributed by atoms with Gasteiger partial charge in [0.05, 0.1) is 18.0 Å². The predicted molar refractivity (Wildman–Crippen MR) is 65.4 cm³/mol. The van der Waals surface area contributed by atoms with Gasteiger partial charge in [-0.1, -0.05) is 12.1 Å². The van der Waals surface area contributed by atoms with Crippen molar-refractivity contribution >= 4 is 11.4 Å². The van der Waals surface area contributed by atoms with Crippen LogP contribution >= 0.6 is 0 Å². The minimum Gasteiger partial charge on any atom is -0.397 e. The van der Waals surface area contributed by atoms with E-state index in [0.29, 0.717) is 0 Å². The van der Waals surface area contributed by atoms with E-state index in [9.17, 15) is 0 Å². The molecule has 0 radical (unpaired) electrons. The first kappa shape index (κ1) is 11.9. The van der Waals surface area contributed by atoms with Gasteiger partial charge in [-0.3, -0.25) is 0 Å². The third kappa shape index (κ3) is 3.13. The number of ether oxygens (including phenoxy) is 1. The van der Waals surface area contributed by atoms with Gasteiger partial charge >= 0.3 is 0 Å². The van der Waals surface area contributed by atoms with Gasteiger partial charge in [-0.25, -0.2) is 0 Å². The molecule has 0 saturated heterocycles. The van der Waals surface area contributed by atoms with Gasteiger partial charge in [0.25, 0.3) is 0 Å². The summed E-state index contributed by atoms with van der Waals surface area (Å²) in [5, 5.41) is 0. The Labute approximate surface area is 91.8 Å². The minimum atomic E-state index is 0.737. The molecule has 0 saturated carbocycles. The fraction of sp³-hybridized carbons (Fsp3) is 0.500. The third-order valence-corrected chi connectivity index (χ3v) is 2.43. The van der Waals surface area contributed by atoms with Crippen molar-refractivity contribution in [2.24, 2.45) is 0 Å². The zero-order chi connectivity index (χ0) is 11.3. The lowest BCUT2D eigenvalue weighted by molar-refractivity contribution is 0.154. The lowest BCUT2D eigenvalue weighted by Crippen LogP contribution is -2.24. The molecule has 1 aromatic carbocycles. The van der Waals surface area contributed by atoms with Crippen LogP contribution in [0.2, 0.25) is 0 Å². The third-order valence-electron chi connectivity index (χ3n) is 2.43. The largest absolute Gasteiger partial charge is 0.397 e. The lowest BCUT2D eigenvalue weighted by Gasteiger charge is -2.22. The predicted octanol–water partition coefficient (Wildman–Crippen LogP) is 2.05. The SMILES string of the molecule is CCOCCN(C)c1c(C)cccc1N. The summed E-state index contributed by atoms with van der Waals surface area (Å²) < 4.78 is 5.32. The molecule has 3 heteroatoms. The Bertz CT molecular complexity index is 292. The molecule has 0 unspecified atom stereocenters. The highest BCUT2D eigenvalue weighted by Gasteiger charge is 2.07. The van der Waals surface area contributed by atoms with Crippen molar-refractivity contribution < 1.29 is 4.74 Å². The first-order valence-electron chi connectivity index (χ1n) is 5.30. The van der Waals surface area contributed by atoms with Crippen LogP contribution in [0.15, 0.2) is 18.2 Å². The van der Waals surface area contributed by atoms with Gasteiger partial charge in [-0.15, -0.1) is 0 Å². The maximum atomic E-state index is 5.94. The molecular formula is C12H20N2O. The van der Waals surface area contributed by atoms with Crippen molar-refractivity contribution in [1.82, 2.24) is 0 Å². The van der Waals surface area contributed by atoms with E-state index in [2.05, 4.69) is 17.9 Å². The highest BCUT2D eigenvalue weighted by atomic mass is 16.5. The maximum absolute atomic E-state index is 5.94. The van der Waals surface area contributed by atoms with Crippen molar-refractivity contribution in [3.63, 3.8) is 0 Å². The first-order chi connectivity index (χ1) is 7.16. The topological polar surface area (TPSA) is 38.5 Å². The number of hydrogen-bond acceptors (Lipinski definition) is 3. The van der Waals surface area contributed by atoms with Crippen LogP contribution < -0.4 is 10.6 Å². The second kappa shape index (κ2) is 5.61. The summed E-state index contributed by atoms with van der Waals surface area (Å²) >= 11 is 0. The summed E-state index contributed by atoms with van der Waals surface area (Å²) in [6.07, 6.45) is 0. The van der Waals surface area contributed by atoms with E-state index < -0.39 is 0 Å². The Balaban J connectivity index is 2.68. The fourth-order valence-corrected chi connectivity index (χ4v) is 1.66. The van der Waals surface area contributed by atoms with E-state index in [0.717, 1.165) is 31.1 Å². The summed E-state index contributed by atoms with van der Waals surface area (Å²) in [4.78, 5) is 2.14. The molecule has 0 aliphatic carbocycles. The van der Waals surface area contributed by atoms with Crippen LogP contribution in [0.3, 0.4) is 0 Å². The van der Waals surface area contributed by atoms with Crippen molar-refractivity contribution in [3.05, 3.63) is 23.8 Å². The molecule has 0 aromatic heterocycles. The van der Waals surface area contributed by atoms with E-state index in [1.807, 2.05) is 26.1 Å². The van der Waals surface area contributed by atoms with E-state index in [1.165, 1.54) is 5.56 Å². The van der Waals surface area contributed by atoms with E-state index in [1.54, 1.807) is 0 Å². The van der Waals surface area contributed by atoms with E-state index in [-0.39, 0.29) is 0 Å². The zero-order valence-electron chi connectivity index (χ0n) is 9.79. The molecule has 0 bridgehead atoms. The first-order valence-corrected chi connectivity index (χ1v) is 5.30. The summed E-state index contributed by atoms with van der Waals surface area (Å²) in [5.41, 5.74) is 9.08. The van der Waals surface area contributed by atoms with Gasteiger partial charge < -0.3 is 15.4 Å². The molecule has 0 fully saturated rings. The zero-order valence-corrected chi connectivity index (χ0v) is 9.79. The molecule has 0 aliphatic heterocycles. The molecule has 0 spiro atoms. The summed E-state index contributed by atoms with van der Waals surface area (Å²) in [6, 6.07) is 5.98. The molecule has 1 rings (SSSR count). The number of anilines is 2. The number of nitrogens with zero attached hydrogens (tertiary/aromatic N) is 1. The number of benzene rings is 1. The number of nitrogens with two attached hydrogens (primary N) is 1. The van der Waals surface area contributed by atoms with Crippen molar-refractivity contribution in [2.75, 3.05) is 37.4 Å². The van der Waals surface area contributed by atoms with Crippen LogP contribution in [0.1, 0.15) is 12.5 Å². The molecule has 2 N–H and O–H groups in total. The molecule has 84 valence electrons. The van der Waals surface area contributed by atoms with Gasteiger partial charge in [0.2, 0.25) is 0 Å². The van der Waals surface area contributed by atoms with Gasteiger partial charge in [0, 0.05) is 20.2 Å². The second-order valence-electron chi connectivity index (χ2n) is 3.63. The molecule has 0 atom stereocenters. The van der Waals surface area contributed by atoms with Crippen LogP contribution in [-0.4, -0.2) is 26.8 Å². The summed E-state index contributed by atoms with van der Waals surface area (Å²) in [5.74, 6) is 0. The van der Waals surface area contributed by atoms with Gasteiger partial charge in [0.1, 0.15) is 0 Å². The molecule has 1 aromatic rings. The smallest absolute Gasteiger partial charge is 0.0641 e. The van der Waals surface area contributed by atoms with Crippen molar-refractivity contribution in [1.29, 1.82) is 0 Å². The Kier molecular flexibility index (Phi) is 4.43. The monoisotopic (exact) mass is 208 g/mol. The Morgan fingerprint density at radius 3 is 2.73 bits per heavy atom. The summed E-state index contributed by atoms with van der Waals surface area (Å²) in [6.45, 7) is 6.44. The average Bonchev–Trinajstić information content (AvgIpc) is 2.18. The molecule has 15 heavy (non-hydrogen) atoms. The number of aryl methyl sites for hydroxylation is 1. The lowest BCUT2D eigenvalue weighted by atomic mass is 10.1. The van der Waals surface area contributed by atoms with Crippen molar-refractivity contribution in [3.8, 4) is 0 Å². The van der Waals surface area contributed by atoms with Crippen molar-refractivity contribution in [2.45, 2.75) is 13.8 Å². The molecular weight excluding hydrogens is 188 g/mol. The number of rotatable bonds is 5. The maximum Gasteiger partial charge on any atom is 0.0641 e. The number of likely N-dealkylation sites (N-methyl/N-ethyl adjacent to an activating group) is 1. The number of para-hydroxylation sites is 1. The fourth-order valence-electron chi connectivity index (χ4n) is 1.66. The molecule has 0 amide bonds. The highest BCUT2D eigenvalue weighted by molar-refractivity contribution is 5.70. The molecule has 0 aliphatic rings. The van der Waals surface area contributed by atoms with E-state index in [4.69, 9.17) is 10.5 Å². The highest BCUT2D eigenvalue weighted by Crippen LogP contribution is 2.25. The van der Waals surface area contributed by atoms with Crippen LogP contribution in [-0.2, 0) is 4.74 Å². The van der Waals surface area contributed by atoms with Crippen LogP contribution in [0.4, 0.5) is 11.4 Å². The Morgan fingerprint density at radius 2 is 2.13 bits per heavy atom. The van der Waals surface area contributed by atoms with Gasteiger partial charge in [-0.05, 0) is 25.5 Å². The normalized spacial score (nSPS) is 10.3. The Hall–Kier alpha value is -1.22. The molecule has 3 nitrogen and oxygen atoms in total. The van der Waals surface area contributed by atoms with Crippen LogP contribution in [0.5, 0.6) is 0 Å². The van der Waals surface area contributed by atoms with Gasteiger partial charge in [0.15, 0.2) is 0 Å². The van der Waals surface area contributed by atoms with Crippen LogP contribution in [0, 0.1) is 6.92 Å².